The second-order valence-corrected chi connectivity index (χ2v) is 5.94. The van der Waals surface area contributed by atoms with Gasteiger partial charge in [0.05, 0.1) is 12.4 Å². The van der Waals surface area contributed by atoms with E-state index in [1.54, 1.807) is 6.92 Å². The quantitative estimate of drug-likeness (QED) is 0.541. The van der Waals surface area contributed by atoms with Crippen LogP contribution in [-0.4, -0.2) is 49.5 Å². The lowest BCUT2D eigenvalue weighted by atomic mass is 10.2. The molecular formula is C9H16ClNO4S. The van der Waals surface area contributed by atoms with Crippen molar-refractivity contribution >= 4 is 27.6 Å². The predicted molar refractivity (Wildman–Crippen MR) is 60.9 cm³/mol. The van der Waals surface area contributed by atoms with Crippen LogP contribution in [-0.2, 0) is 19.6 Å². The average molecular weight is 270 g/mol. The number of halogens is 1. The van der Waals surface area contributed by atoms with Crippen molar-refractivity contribution in [3.8, 4) is 0 Å². The van der Waals surface area contributed by atoms with E-state index in [0.717, 1.165) is 0 Å². The van der Waals surface area contributed by atoms with Gasteiger partial charge in [-0.05, 0) is 19.8 Å². The molecule has 94 valence electrons. The molecule has 1 heterocycles. The largest absolute Gasteiger partial charge is 0.465 e. The van der Waals surface area contributed by atoms with Gasteiger partial charge in [0.15, 0.2) is 0 Å². The van der Waals surface area contributed by atoms with Gasteiger partial charge in [-0.15, -0.1) is 11.6 Å². The smallest absolute Gasteiger partial charge is 0.324 e. The number of ether oxygens (including phenoxy) is 1. The van der Waals surface area contributed by atoms with Gasteiger partial charge in [-0.2, -0.15) is 4.31 Å². The van der Waals surface area contributed by atoms with Crippen LogP contribution < -0.4 is 0 Å². The Morgan fingerprint density at radius 1 is 1.56 bits per heavy atom. The zero-order chi connectivity index (χ0) is 12.2. The summed E-state index contributed by atoms with van der Waals surface area (Å²) in [5.74, 6) is -0.558. The number of esters is 1. The third-order valence-electron chi connectivity index (χ3n) is 2.45. The first-order valence-electron chi connectivity index (χ1n) is 5.25. The third kappa shape index (κ3) is 3.09. The van der Waals surface area contributed by atoms with Gasteiger partial charge in [0.2, 0.25) is 10.0 Å². The van der Waals surface area contributed by atoms with Crippen molar-refractivity contribution in [3.63, 3.8) is 0 Å². The number of carbonyl (C=O) groups is 1. The number of hydrogen-bond acceptors (Lipinski definition) is 4. The van der Waals surface area contributed by atoms with Crippen LogP contribution in [0, 0.1) is 0 Å². The van der Waals surface area contributed by atoms with Crippen LogP contribution >= 0.6 is 11.6 Å². The van der Waals surface area contributed by atoms with E-state index in [-0.39, 0.29) is 18.2 Å². The fourth-order valence-electron chi connectivity index (χ4n) is 1.76. The Balaban J connectivity index is 2.76. The molecule has 0 aromatic carbocycles. The lowest BCUT2D eigenvalue weighted by Crippen LogP contribution is -2.42. The highest BCUT2D eigenvalue weighted by Gasteiger charge is 2.38. The summed E-state index contributed by atoms with van der Waals surface area (Å²) >= 11 is 5.43. The molecule has 0 N–H and O–H groups in total. The molecule has 5 nitrogen and oxygen atoms in total. The van der Waals surface area contributed by atoms with E-state index in [4.69, 9.17) is 16.3 Å². The summed E-state index contributed by atoms with van der Waals surface area (Å²) in [4.78, 5) is 11.5. The highest BCUT2D eigenvalue weighted by atomic mass is 35.5. The van der Waals surface area contributed by atoms with Crippen LogP contribution in [0.1, 0.15) is 19.8 Å². The van der Waals surface area contributed by atoms with Crippen LogP contribution in [0.4, 0.5) is 0 Å². The summed E-state index contributed by atoms with van der Waals surface area (Å²) in [7, 11) is -3.42. The summed E-state index contributed by atoms with van der Waals surface area (Å²) in [5.41, 5.74) is 0. The zero-order valence-electron chi connectivity index (χ0n) is 9.19. The van der Waals surface area contributed by atoms with Crippen molar-refractivity contribution < 1.29 is 17.9 Å². The molecule has 0 bridgehead atoms. The van der Waals surface area contributed by atoms with Gasteiger partial charge >= 0.3 is 5.97 Å². The standard InChI is InChI=1S/C9H16ClNO4S/c1-2-15-9(12)8-4-3-6-11(8)16(13,14)7-5-10/h8H,2-7H2,1H3. The van der Waals surface area contributed by atoms with Crippen molar-refractivity contribution in [2.24, 2.45) is 0 Å². The molecule has 0 aromatic heterocycles. The first-order valence-corrected chi connectivity index (χ1v) is 7.39. The maximum absolute atomic E-state index is 11.8. The van der Waals surface area contributed by atoms with E-state index in [2.05, 4.69) is 0 Å². The molecule has 1 atom stereocenters. The Labute approximate surface area is 101 Å². The third-order valence-corrected chi connectivity index (χ3v) is 4.74. The van der Waals surface area contributed by atoms with Crippen molar-refractivity contribution in [1.82, 2.24) is 4.31 Å². The maximum atomic E-state index is 11.8. The van der Waals surface area contributed by atoms with Gasteiger partial charge in [0.1, 0.15) is 6.04 Å². The molecule has 0 radical (unpaired) electrons. The fourth-order valence-corrected chi connectivity index (χ4v) is 3.76. The number of carbonyl (C=O) groups excluding carboxylic acids is 1. The van der Waals surface area contributed by atoms with Gasteiger partial charge < -0.3 is 4.74 Å². The Morgan fingerprint density at radius 3 is 2.81 bits per heavy atom. The molecule has 1 saturated heterocycles. The summed E-state index contributed by atoms with van der Waals surface area (Å²) in [5, 5.41) is 0. The summed E-state index contributed by atoms with van der Waals surface area (Å²) in [6.07, 6.45) is 1.21. The van der Waals surface area contributed by atoms with Gasteiger partial charge in [-0.1, -0.05) is 0 Å². The number of rotatable bonds is 5. The minimum atomic E-state index is -3.42. The molecule has 0 amide bonds. The van der Waals surface area contributed by atoms with Crippen molar-refractivity contribution in [2.45, 2.75) is 25.8 Å². The molecule has 0 spiro atoms. The van der Waals surface area contributed by atoms with E-state index in [0.29, 0.717) is 19.4 Å². The molecule has 1 aliphatic rings. The zero-order valence-corrected chi connectivity index (χ0v) is 10.8. The SMILES string of the molecule is CCOC(=O)C1CCCN1S(=O)(=O)CCCl. The van der Waals surface area contributed by atoms with E-state index in [9.17, 15) is 13.2 Å². The first kappa shape index (κ1) is 13.7. The second-order valence-electron chi connectivity index (χ2n) is 3.53. The number of hydrogen-bond donors (Lipinski definition) is 0. The second kappa shape index (κ2) is 5.84. The van der Waals surface area contributed by atoms with Gasteiger partial charge in [0, 0.05) is 12.4 Å². The van der Waals surface area contributed by atoms with Gasteiger partial charge in [-0.3, -0.25) is 4.79 Å². The molecule has 7 heteroatoms. The van der Waals surface area contributed by atoms with Crippen LogP contribution in [0.2, 0.25) is 0 Å². The average Bonchev–Trinajstić information content (AvgIpc) is 2.66. The molecule has 1 unspecified atom stereocenters. The Hall–Kier alpha value is -0.330. The van der Waals surface area contributed by atoms with Gasteiger partial charge in [-0.25, -0.2) is 8.42 Å². The van der Waals surface area contributed by atoms with E-state index >= 15 is 0 Å². The highest BCUT2D eigenvalue weighted by molar-refractivity contribution is 7.89. The topological polar surface area (TPSA) is 63.7 Å². The predicted octanol–water partition coefficient (Wildman–Crippen LogP) is 0.583. The molecular weight excluding hydrogens is 254 g/mol. The molecule has 1 fully saturated rings. The minimum Gasteiger partial charge on any atom is -0.465 e. The Kier molecular flexibility index (Phi) is 5.01. The fraction of sp³-hybridized carbons (Fsp3) is 0.889. The molecule has 1 rings (SSSR count). The molecule has 0 saturated carbocycles. The van der Waals surface area contributed by atoms with Gasteiger partial charge in [0.25, 0.3) is 0 Å². The molecule has 0 aromatic rings. The van der Waals surface area contributed by atoms with Crippen molar-refractivity contribution in [1.29, 1.82) is 0 Å². The first-order chi connectivity index (χ1) is 7.53. The minimum absolute atomic E-state index is 0.0361. The monoisotopic (exact) mass is 269 g/mol. The Bertz CT molecular complexity index is 343. The lowest BCUT2D eigenvalue weighted by molar-refractivity contribution is -0.146. The van der Waals surface area contributed by atoms with Crippen LogP contribution in [0.3, 0.4) is 0 Å². The molecule has 0 aliphatic carbocycles. The number of sulfonamides is 1. The van der Waals surface area contributed by atoms with E-state index in [1.807, 2.05) is 0 Å². The maximum Gasteiger partial charge on any atom is 0.324 e. The van der Waals surface area contributed by atoms with Crippen molar-refractivity contribution in [2.75, 3.05) is 24.8 Å². The molecule has 1 aliphatic heterocycles. The Morgan fingerprint density at radius 2 is 2.25 bits per heavy atom. The van der Waals surface area contributed by atoms with Crippen molar-refractivity contribution in [3.05, 3.63) is 0 Å². The van der Waals surface area contributed by atoms with E-state index < -0.39 is 22.0 Å². The van der Waals surface area contributed by atoms with Crippen LogP contribution in [0.15, 0.2) is 0 Å². The van der Waals surface area contributed by atoms with E-state index in [1.165, 1.54) is 4.31 Å². The van der Waals surface area contributed by atoms with Crippen LogP contribution in [0.5, 0.6) is 0 Å². The summed E-state index contributed by atoms with van der Waals surface area (Å²) in [6, 6.07) is -0.659. The van der Waals surface area contributed by atoms with Crippen LogP contribution in [0.25, 0.3) is 0 Å². The summed E-state index contributed by atoms with van der Waals surface area (Å²) < 4.78 is 29.6. The number of alkyl halides is 1. The summed E-state index contributed by atoms with van der Waals surface area (Å²) in [6.45, 7) is 2.34. The normalized spacial score (nSPS) is 22.2. The molecule has 16 heavy (non-hydrogen) atoms. The number of nitrogens with zero attached hydrogens (tertiary/aromatic N) is 1. The lowest BCUT2D eigenvalue weighted by Gasteiger charge is -2.21. The highest BCUT2D eigenvalue weighted by Crippen LogP contribution is 2.22.